The summed E-state index contributed by atoms with van der Waals surface area (Å²) in [5.41, 5.74) is 1.18. The lowest BCUT2D eigenvalue weighted by atomic mass is 9.88. The van der Waals surface area contributed by atoms with Gasteiger partial charge in [0.05, 0.1) is 21.7 Å². The SMILES string of the molecule is CO[C@H]1CN(c2cc(C(=O)O)ccn2)CC[C@H]1CC(=O)c1[nH]c(C)c(Cl)c1Cl. The van der Waals surface area contributed by atoms with Gasteiger partial charge in [-0.25, -0.2) is 9.78 Å². The average Bonchev–Trinajstić information content (AvgIpc) is 2.95. The molecule has 0 saturated carbocycles. The fourth-order valence-corrected chi connectivity index (χ4v) is 3.94. The molecular formula is C19H21Cl2N3O4. The van der Waals surface area contributed by atoms with Crippen LogP contribution in [0.5, 0.6) is 0 Å². The number of methoxy groups -OCH3 is 1. The minimum absolute atomic E-state index is 0.00912. The first-order valence-corrected chi connectivity index (χ1v) is 9.61. The van der Waals surface area contributed by atoms with Gasteiger partial charge in [-0.05, 0) is 31.4 Å². The Hall–Kier alpha value is -2.09. The third-order valence-corrected chi connectivity index (χ3v) is 6.04. The Morgan fingerprint density at radius 2 is 2.14 bits per heavy atom. The van der Waals surface area contributed by atoms with E-state index in [0.29, 0.717) is 41.7 Å². The Labute approximate surface area is 172 Å². The number of Topliss-reactive ketones (excluding diaryl/α,β-unsaturated/α-hetero) is 1. The van der Waals surface area contributed by atoms with E-state index in [1.54, 1.807) is 20.1 Å². The molecule has 0 radical (unpaired) electrons. The summed E-state index contributed by atoms with van der Waals surface area (Å²) in [5.74, 6) is -0.507. The number of H-pyrrole nitrogens is 1. The van der Waals surface area contributed by atoms with Crippen LogP contribution in [0, 0.1) is 12.8 Å². The second-order valence-corrected chi connectivity index (χ2v) is 7.61. The first-order chi connectivity index (χ1) is 13.3. The van der Waals surface area contributed by atoms with Crippen molar-refractivity contribution in [3.05, 3.63) is 45.3 Å². The number of nitrogens with zero attached hydrogens (tertiary/aromatic N) is 2. The largest absolute Gasteiger partial charge is 0.478 e. The summed E-state index contributed by atoms with van der Waals surface area (Å²) in [6.07, 6.45) is 2.27. The highest BCUT2D eigenvalue weighted by molar-refractivity contribution is 6.44. The number of carboxylic acids is 1. The van der Waals surface area contributed by atoms with E-state index < -0.39 is 5.97 Å². The fourth-order valence-electron chi connectivity index (χ4n) is 3.50. The van der Waals surface area contributed by atoms with Gasteiger partial charge in [-0.1, -0.05) is 23.2 Å². The van der Waals surface area contributed by atoms with Gasteiger partial charge in [-0.15, -0.1) is 0 Å². The summed E-state index contributed by atoms with van der Waals surface area (Å²) >= 11 is 12.2. The van der Waals surface area contributed by atoms with E-state index in [0.717, 1.165) is 0 Å². The number of pyridine rings is 1. The van der Waals surface area contributed by atoms with Gasteiger partial charge < -0.3 is 19.7 Å². The van der Waals surface area contributed by atoms with Gasteiger partial charge in [0.1, 0.15) is 11.5 Å². The predicted octanol–water partition coefficient (Wildman–Crippen LogP) is 3.84. The van der Waals surface area contributed by atoms with Gasteiger partial charge in [0.15, 0.2) is 5.78 Å². The van der Waals surface area contributed by atoms with Crippen molar-refractivity contribution in [2.45, 2.75) is 25.9 Å². The Morgan fingerprint density at radius 3 is 2.75 bits per heavy atom. The number of ether oxygens (including phenoxy) is 1. The highest BCUT2D eigenvalue weighted by Crippen LogP contribution is 2.32. The van der Waals surface area contributed by atoms with Crippen molar-refractivity contribution >= 4 is 40.8 Å². The number of hydrogen-bond acceptors (Lipinski definition) is 5. The average molecular weight is 426 g/mol. The summed E-state index contributed by atoms with van der Waals surface area (Å²) in [7, 11) is 1.61. The summed E-state index contributed by atoms with van der Waals surface area (Å²) < 4.78 is 5.62. The van der Waals surface area contributed by atoms with Gasteiger partial charge >= 0.3 is 5.97 Å². The molecule has 0 bridgehead atoms. The summed E-state index contributed by atoms with van der Waals surface area (Å²) in [6.45, 7) is 2.93. The second kappa shape index (κ2) is 8.51. The van der Waals surface area contributed by atoms with Crippen LogP contribution in [-0.4, -0.2) is 53.1 Å². The van der Waals surface area contributed by atoms with Gasteiger partial charge in [0.25, 0.3) is 0 Å². The fraction of sp³-hybridized carbons (Fsp3) is 0.421. The highest BCUT2D eigenvalue weighted by Gasteiger charge is 2.33. The lowest BCUT2D eigenvalue weighted by Crippen LogP contribution is -2.45. The quantitative estimate of drug-likeness (QED) is 0.682. The molecule has 7 nitrogen and oxygen atoms in total. The molecule has 28 heavy (non-hydrogen) atoms. The normalized spacial score (nSPS) is 19.6. The Bertz CT molecular complexity index is 899. The molecule has 3 heterocycles. The smallest absolute Gasteiger partial charge is 0.335 e. The highest BCUT2D eigenvalue weighted by atomic mass is 35.5. The zero-order chi connectivity index (χ0) is 20.4. The Balaban J connectivity index is 1.71. The molecule has 1 saturated heterocycles. The number of ketones is 1. The van der Waals surface area contributed by atoms with Crippen molar-refractivity contribution in [1.82, 2.24) is 9.97 Å². The molecule has 0 aliphatic carbocycles. The van der Waals surface area contributed by atoms with Crippen molar-refractivity contribution < 1.29 is 19.4 Å². The molecule has 0 spiro atoms. The minimum Gasteiger partial charge on any atom is -0.478 e. The number of piperidine rings is 1. The molecule has 9 heteroatoms. The molecule has 0 unspecified atom stereocenters. The molecule has 3 rings (SSSR count). The van der Waals surface area contributed by atoms with Crippen molar-refractivity contribution in [1.29, 1.82) is 0 Å². The van der Waals surface area contributed by atoms with Crippen molar-refractivity contribution in [2.75, 3.05) is 25.1 Å². The molecule has 2 atom stereocenters. The zero-order valence-corrected chi connectivity index (χ0v) is 17.0. The molecule has 1 fully saturated rings. The van der Waals surface area contributed by atoms with Crippen LogP contribution in [0.15, 0.2) is 18.3 Å². The third kappa shape index (κ3) is 4.16. The van der Waals surface area contributed by atoms with Crippen molar-refractivity contribution in [3.63, 3.8) is 0 Å². The zero-order valence-electron chi connectivity index (χ0n) is 15.5. The number of anilines is 1. The maximum Gasteiger partial charge on any atom is 0.335 e. The minimum atomic E-state index is -0.996. The van der Waals surface area contributed by atoms with Crippen LogP contribution >= 0.6 is 23.2 Å². The van der Waals surface area contributed by atoms with E-state index in [1.807, 2.05) is 4.90 Å². The summed E-state index contributed by atoms with van der Waals surface area (Å²) in [5, 5.41) is 9.79. The van der Waals surface area contributed by atoms with Crippen LogP contribution in [0.4, 0.5) is 5.82 Å². The number of halogens is 2. The number of carboxylic acid groups (broad SMARTS) is 1. The van der Waals surface area contributed by atoms with E-state index in [-0.39, 0.29) is 34.8 Å². The molecule has 2 aromatic heterocycles. The number of hydrogen-bond donors (Lipinski definition) is 2. The summed E-state index contributed by atoms with van der Waals surface area (Å²) in [6, 6.07) is 3.00. The number of aromatic amines is 1. The standard InChI is InChI=1S/C19H21Cl2N3O4/c1-10-16(20)17(21)18(23-10)13(25)7-11-4-6-24(9-14(11)28-2)15-8-12(19(26)27)3-5-22-15/h3,5,8,11,14,23H,4,6-7,9H2,1-2H3,(H,26,27)/t11-,14-/m0/s1. The molecule has 0 aromatic carbocycles. The van der Waals surface area contributed by atoms with E-state index in [1.165, 1.54) is 12.3 Å². The lowest BCUT2D eigenvalue weighted by Gasteiger charge is -2.38. The molecule has 1 aliphatic rings. The number of aromatic nitrogens is 2. The van der Waals surface area contributed by atoms with Crippen LogP contribution < -0.4 is 4.90 Å². The van der Waals surface area contributed by atoms with E-state index in [9.17, 15) is 9.59 Å². The molecule has 2 aromatic rings. The molecule has 0 amide bonds. The maximum absolute atomic E-state index is 12.7. The first-order valence-electron chi connectivity index (χ1n) is 8.85. The van der Waals surface area contributed by atoms with E-state index >= 15 is 0 Å². The van der Waals surface area contributed by atoms with Crippen LogP contribution in [0.2, 0.25) is 10.0 Å². The maximum atomic E-state index is 12.7. The number of rotatable bonds is 6. The third-order valence-electron chi connectivity index (χ3n) is 5.10. The van der Waals surface area contributed by atoms with E-state index in [4.69, 9.17) is 33.0 Å². The first kappa shape index (κ1) is 20.6. The summed E-state index contributed by atoms with van der Waals surface area (Å²) in [4.78, 5) is 33.1. The van der Waals surface area contributed by atoms with Crippen molar-refractivity contribution in [3.8, 4) is 0 Å². The molecular weight excluding hydrogens is 405 g/mol. The second-order valence-electron chi connectivity index (χ2n) is 6.86. The number of carbonyl (C=O) groups is 2. The van der Waals surface area contributed by atoms with Gasteiger partial charge in [-0.3, -0.25) is 4.79 Å². The van der Waals surface area contributed by atoms with Gasteiger partial charge in [0.2, 0.25) is 0 Å². The lowest BCUT2D eigenvalue weighted by molar-refractivity contribution is 0.0373. The number of carbonyl (C=O) groups excluding carboxylic acids is 1. The van der Waals surface area contributed by atoms with Crippen LogP contribution in [0.1, 0.15) is 39.4 Å². The number of nitrogens with one attached hydrogen (secondary N) is 1. The Kier molecular flexibility index (Phi) is 6.27. The monoisotopic (exact) mass is 425 g/mol. The molecule has 2 N–H and O–H groups in total. The topological polar surface area (TPSA) is 95.5 Å². The van der Waals surface area contributed by atoms with Gasteiger partial charge in [0, 0.05) is 38.5 Å². The van der Waals surface area contributed by atoms with Crippen molar-refractivity contribution in [2.24, 2.45) is 5.92 Å². The van der Waals surface area contributed by atoms with Gasteiger partial charge in [-0.2, -0.15) is 0 Å². The Morgan fingerprint density at radius 1 is 1.39 bits per heavy atom. The van der Waals surface area contributed by atoms with Crippen LogP contribution in [0.3, 0.4) is 0 Å². The van der Waals surface area contributed by atoms with Crippen LogP contribution in [0.25, 0.3) is 0 Å². The predicted molar refractivity (Wildman–Crippen MR) is 107 cm³/mol. The van der Waals surface area contributed by atoms with E-state index in [2.05, 4.69) is 9.97 Å². The molecule has 150 valence electrons. The number of aryl methyl sites for hydroxylation is 1. The molecule has 1 aliphatic heterocycles. The number of aromatic carboxylic acids is 1. The van der Waals surface area contributed by atoms with Crippen LogP contribution in [-0.2, 0) is 4.74 Å².